The monoisotopic (exact) mass is 262 g/mol. The number of carbonyl (C=O) groups is 1. The minimum Gasteiger partial charge on any atom is -0.381 e. The van der Waals surface area contributed by atoms with E-state index in [0.717, 1.165) is 19.4 Å². The van der Waals surface area contributed by atoms with Crippen LogP contribution in [0.1, 0.15) is 12.8 Å². The Kier molecular flexibility index (Phi) is 4.88. The zero-order chi connectivity index (χ0) is 13.0. The number of amides is 1. The first-order valence-corrected chi connectivity index (χ1v) is 6.51. The van der Waals surface area contributed by atoms with E-state index in [4.69, 9.17) is 4.74 Å². The van der Waals surface area contributed by atoms with Gasteiger partial charge in [-0.25, -0.2) is 8.78 Å². The molecule has 0 aromatic carbocycles. The number of nitrogens with one attached hydrogen (secondary N) is 1. The highest BCUT2D eigenvalue weighted by molar-refractivity contribution is 5.80. The van der Waals surface area contributed by atoms with E-state index in [1.165, 1.54) is 0 Å². The van der Waals surface area contributed by atoms with Gasteiger partial charge in [0.1, 0.15) is 0 Å². The molecule has 2 aliphatic heterocycles. The van der Waals surface area contributed by atoms with Gasteiger partial charge >= 0.3 is 0 Å². The fraction of sp³-hybridized carbons (Fsp3) is 0.917. The van der Waals surface area contributed by atoms with E-state index < -0.39 is 6.43 Å². The molecule has 2 aliphatic rings. The number of carbonyl (C=O) groups excluding carboxylic acids is 1. The van der Waals surface area contributed by atoms with E-state index in [0.29, 0.717) is 32.2 Å². The maximum Gasteiger partial charge on any atom is 0.251 e. The summed E-state index contributed by atoms with van der Waals surface area (Å²) >= 11 is 0. The van der Waals surface area contributed by atoms with Crippen LogP contribution in [0.2, 0.25) is 0 Å². The smallest absolute Gasteiger partial charge is 0.251 e. The molecule has 1 amide bonds. The van der Waals surface area contributed by atoms with Crippen molar-refractivity contribution < 1.29 is 18.3 Å². The molecule has 0 aliphatic carbocycles. The number of halogens is 2. The number of nitrogens with zero attached hydrogens (tertiary/aromatic N) is 1. The van der Waals surface area contributed by atoms with Crippen LogP contribution in [-0.2, 0) is 9.53 Å². The Bertz CT molecular complexity index is 277. The van der Waals surface area contributed by atoms with Gasteiger partial charge in [0.2, 0.25) is 5.91 Å². The van der Waals surface area contributed by atoms with E-state index in [9.17, 15) is 13.6 Å². The fourth-order valence-corrected chi connectivity index (χ4v) is 2.44. The average Bonchev–Trinajstić information content (AvgIpc) is 2.31. The maximum absolute atomic E-state index is 12.1. The van der Waals surface area contributed by atoms with Crippen LogP contribution < -0.4 is 5.32 Å². The molecule has 2 rings (SSSR count). The van der Waals surface area contributed by atoms with Crippen LogP contribution in [0.3, 0.4) is 0 Å². The highest BCUT2D eigenvalue weighted by Gasteiger charge is 2.33. The highest BCUT2D eigenvalue weighted by Crippen LogP contribution is 2.17. The average molecular weight is 262 g/mol. The van der Waals surface area contributed by atoms with E-state index in [1.807, 2.05) is 0 Å². The van der Waals surface area contributed by atoms with Gasteiger partial charge in [0, 0.05) is 26.2 Å². The maximum atomic E-state index is 12.1. The molecule has 0 aromatic rings. The topological polar surface area (TPSA) is 41.6 Å². The van der Waals surface area contributed by atoms with Crippen molar-refractivity contribution in [2.75, 3.05) is 39.4 Å². The summed E-state index contributed by atoms with van der Waals surface area (Å²) in [5.74, 6) is 0.277. The van der Waals surface area contributed by atoms with Gasteiger partial charge in [-0.3, -0.25) is 9.69 Å². The normalized spacial score (nSPS) is 26.1. The van der Waals surface area contributed by atoms with E-state index >= 15 is 0 Å². The Hall–Kier alpha value is -0.750. The largest absolute Gasteiger partial charge is 0.381 e. The number of alkyl halides is 2. The molecule has 0 radical (unpaired) electrons. The third-order valence-electron chi connectivity index (χ3n) is 3.54. The minimum absolute atomic E-state index is 0.00825. The molecule has 0 spiro atoms. The van der Waals surface area contributed by atoms with Crippen molar-refractivity contribution >= 4 is 5.91 Å². The van der Waals surface area contributed by atoms with Crippen LogP contribution in [-0.4, -0.2) is 56.6 Å². The molecule has 6 heteroatoms. The summed E-state index contributed by atoms with van der Waals surface area (Å²) in [5, 5.41) is 2.90. The lowest BCUT2D eigenvalue weighted by Crippen LogP contribution is -2.55. The summed E-state index contributed by atoms with van der Waals surface area (Å²) in [6.07, 6.45) is -0.178. The molecule has 0 saturated carbocycles. The second-order valence-electron chi connectivity index (χ2n) is 5.13. The van der Waals surface area contributed by atoms with Crippen LogP contribution in [0.4, 0.5) is 8.78 Å². The third-order valence-corrected chi connectivity index (χ3v) is 3.54. The molecule has 18 heavy (non-hydrogen) atoms. The van der Waals surface area contributed by atoms with E-state index in [2.05, 4.69) is 5.32 Å². The van der Waals surface area contributed by atoms with Crippen molar-refractivity contribution in [2.24, 2.45) is 11.8 Å². The fourth-order valence-electron chi connectivity index (χ4n) is 2.44. The molecule has 0 aromatic heterocycles. The predicted molar refractivity (Wildman–Crippen MR) is 62.5 cm³/mol. The molecular formula is C12H20F2N2O2. The van der Waals surface area contributed by atoms with Gasteiger partial charge in [0.15, 0.2) is 0 Å². The Morgan fingerprint density at radius 3 is 2.83 bits per heavy atom. The first kappa shape index (κ1) is 13.7. The van der Waals surface area contributed by atoms with Gasteiger partial charge in [-0.2, -0.15) is 0 Å². The lowest BCUT2D eigenvalue weighted by Gasteiger charge is -2.38. The summed E-state index contributed by atoms with van der Waals surface area (Å²) in [7, 11) is 0. The summed E-state index contributed by atoms with van der Waals surface area (Å²) in [5.41, 5.74) is 0. The van der Waals surface area contributed by atoms with Gasteiger partial charge in [-0.15, -0.1) is 0 Å². The molecule has 2 heterocycles. The minimum atomic E-state index is -2.31. The van der Waals surface area contributed by atoms with Crippen LogP contribution in [0.5, 0.6) is 0 Å². The summed E-state index contributed by atoms with van der Waals surface area (Å²) in [6.45, 7) is 2.86. The van der Waals surface area contributed by atoms with Crippen LogP contribution in [0.15, 0.2) is 0 Å². The van der Waals surface area contributed by atoms with Crippen LogP contribution >= 0.6 is 0 Å². The Labute approximate surface area is 106 Å². The van der Waals surface area contributed by atoms with Crippen LogP contribution in [0, 0.1) is 11.8 Å². The van der Waals surface area contributed by atoms with Crippen molar-refractivity contribution in [2.45, 2.75) is 19.3 Å². The second kappa shape index (κ2) is 6.43. The molecule has 4 nitrogen and oxygen atoms in total. The standard InChI is InChI=1S/C12H20F2N2O2/c13-11(14)7-16-5-10(6-16)12(17)15-4-9-2-1-3-18-8-9/h9-11H,1-8H2,(H,15,17)/t9-/m1/s1. The molecule has 104 valence electrons. The zero-order valence-corrected chi connectivity index (χ0v) is 10.4. The van der Waals surface area contributed by atoms with Gasteiger partial charge in [0.25, 0.3) is 6.43 Å². The zero-order valence-electron chi connectivity index (χ0n) is 10.4. The number of hydrogen-bond donors (Lipinski definition) is 1. The van der Waals surface area contributed by atoms with Crippen molar-refractivity contribution in [1.82, 2.24) is 10.2 Å². The van der Waals surface area contributed by atoms with Crippen molar-refractivity contribution in [3.05, 3.63) is 0 Å². The Morgan fingerprint density at radius 1 is 1.44 bits per heavy atom. The van der Waals surface area contributed by atoms with Gasteiger partial charge in [0.05, 0.1) is 19.1 Å². The SMILES string of the molecule is O=C(NC[C@H]1CCCOC1)C1CN(CC(F)F)C1. The predicted octanol–water partition coefficient (Wildman–Crippen LogP) is 0.726. The summed E-state index contributed by atoms with van der Waals surface area (Å²) in [6, 6.07) is 0. The molecule has 2 saturated heterocycles. The number of ether oxygens (including phenoxy) is 1. The Balaban J connectivity index is 1.58. The quantitative estimate of drug-likeness (QED) is 0.794. The third kappa shape index (κ3) is 3.88. The van der Waals surface area contributed by atoms with E-state index in [-0.39, 0.29) is 18.4 Å². The number of rotatable bonds is 5. The molecule has 1 N–H and O–H groups in total. The first-order chi connectivity index (χ1) is 8.65. The highest BCUT2D eigenvalue weighted by atomic mass is 19.3. The molecule has 0 bridgehead atoms. The van der Waals surface area contributed by atoms with Crippen molar-refractivity contribution in [3.63, 3.8) is 0 Å². The van der Waals surface area contributed by atoms with Crippen LogP contribution in [0.25, 0.3) is 0 Å². The number of likely N-dealkylation sites (tertiary alicyclic amines) is 1. The van der Waals surface area contributed by atoms with Crippen molar-refractivity contribution in [1.29, 1.82) is 0 Å². The second-order valence-corrected chi connectivity index (χ2v) is 5.13. The van der Waals surface area contributed by atoms with Gasteiger partial charge in [-0.1, -0.05) is 0 Å². The lowest BCUT2D eigenvalue weighted by molar-refractivity contribution is -0.131. The summed E-state index contributed by atoms with van der Waals surface area (Å²) < 4.78 is 29.5. The molecule has 2 fully saturated rings. The van der Waals surface area contributed by atoms with Gasteiger partial charge in [-0.05, 0) is 18.8 Å². The molecular weight excluding hydrogens is 242 g/mol. The number of hydrogen-bond acceptors (Lipinski definition) is 3. The summed E-state index contributed by atoms with van der Waals surface area (Å²) in [4.78, 5) is 13.3. The first-order valence-electron chi connectivity index (χ1n) is 6.51. The molecule has 0 unspecified atom stereocenters. The van der Waals surface area contributed by atoms with Crippen molar-refractivity contribution in [3.8, 4) is 0 Å². The van der Waals surface area contributed by atoms with Gasteiger partial charge < -0.3 is 10.1 Å². The lowest BCUT2D eigenvalue weighted by atomic mass is 9.98. The Morgan fingerprint density at radius 2 is 2.22 bits per heavy atom. The van der Waals surface area contributed by atoms with E-state index in [1.54, 1.807) is 4.90 Å². The molecule has 1 atom stereocenters.